The van der Waals surface area contributed by atoms with Gasteiger partial charge in [-0.2, -0.15) is 0 Å². The SMILES string of the molecule is Cc1ccc(CN(C)C(=O)c2cccc(S(=O)(=O)NC(C)C)c2)cc1. The van der Waals surface area contributed by atoms with E-state index >= 15 is 0 Å². The number of carbonyl (C=O) groups is 1. The Morgan fingerprint density at radius 1 is 1.12 bits per heavy atom. The predicted octanol–water partition coefficient (Wildman–Crippen LogP) is 2.95. The maximum absolute atomic E-state index is 12.6. The molecule has 0 fully saturated rings. The lowest BCUT2D eigenvalue weighted by Crippen LogP contribution is -2.31. The van der Waals surface area contributed by atoms with E-state index in [1.165, 1.54) is 12.1 Å². The van der Waals surface area contributed by atoms with Crippen molar-refractivity contribution in [3.63, 3.8) is 0 Å². The summed E-state index contributed by atoms with van der Waals surface area (Å²) in [5, 5.41) is 0. The fourth-order valence-electron chi connectivity index (χ4n) is 2.43. The molecule has 5 nitrogen and oxygen atoms in total. The molecule has 2 aromatic rings. The first kappa shape index (κ1) is 19.1. The third-order valence-electron chi connectivity index (χ3n) is 3.67. The van der Waals surface area contributed by atoms with Crippen LogP contribution in [0.4, 0.5) is 0 Å². The van der Waals surface area contributed by atoms with Gasteiger partial charge in [0.15, 0.2) is 0 Å². The van der Waals surface area contributed by atoms with Crippen LogP contribution in [-0.2, 0) is 16.6 Å². The minimum Gasteiger partial charge on any atom is -0.337 e. The number of aryl methyl sites for hydroxylation is 1. The number of hydrogen-bond acceptors (Lipinski definition) is 3. The summed E-state index contributed by atoms with van der Waals surface area (Å²) in [7, 11) is -1.92. The highest BCUT2D eigenvalue weighted by atomic mass is 32.2. The lowest BCUT2D eigenvalue weighted by Gasteiger charge is -2.18. The second kappa shape index (κ2) is 7.80. The fraction of sp³-hybridized carbons (Fsp3) is 0.316. The van der Waals surface area contributed by atoms with Gasteiger partial charge in [0.1, 0.15) is 0 Å². The van der Waals surface area contributed by atoms with Gasteiger partial charge >= 0.3 is 0 Å². The molecule has 0 heterocycles. The van der Waals surface area contributed by atoms with E-state index in [2.05, 4.69) is 4.72 Å². The van der Waals surface area contributed by atoms with E-state index in [-0.39, 0.29) is 16.8 Å². The van der Waals surface area contributed by atoms with Gasteiger partial charge in [0.2, 0.25) is 10.0 Å². The molecule has 0 spiro atoms. The van der Waals surface area contributed by atoms with E-state index in [9.17, 15) is 13.2 Å². The van der Waals surface area contributed by atoms with Crippen molar-refractivity contribution < 1.29 is 13.2 Å². The molecule has 25 heavy (non-hydrogen) atoms. The molecular formula is C19H24N2O3S. The number of carbonyl (C=O) groups excluding carboxylic acids is 1. The van der Waals surface area contributed by atoms with Crippen molar-refractivity contribution in [3.8, 4) is 0 Å². The molecule has 0 saturated carbocycles. The van der Waals surface area contributed by atoms with E-state index in [4.69, 9.17) is 0 Å². The Labute approximate surface area is 149 Å². The molecule has 2 aromatic carbocycles. The van der Waals surface area contributed by atoms with Gasteiger partial charge in [0.25, 0.3) is 5.91 Å². The Morgan fingerprint density at radius 2 is 1.76 bits per heavy atom. The average molecular weight is 360 g/mol. The minimum absolute atomic E-state index is 0.0933. The van der Waals surface area contributed by atoms with Crippen molar-refractivity contribution in [1.29, 1.82) is 0 Å². The first-order valence-corrected chi connectivity index (χ1v) is 9.61. The Hall–Kier alpha value is -2.18. The third-order valence-corrected chi connectivity index (χ3v) is 5.33. The molecule has 0 radical (unpaired) electrons. The number of benzene rings is 2. The zero-order valence-electron chi connectivity index (χ0n) is 15.0. The zero-order chi connectivity index (χ0) is 18.6. The Bertz CT molecular complexity index is 843. The first-order chi connectivity index (χ1) is 11.7. The minimum atomic E-state index is -3.63. The summed E-state index contributed by atoms with van der Waals surface area (Å²) in [6.07, 6.45) is 0. The van der Waals surface area contributed by atoms with Crippen LogP contribution in [0.25, 0.3) is 0 Å². The van der Waals surface area contributed by atoms with Gasteiger partial charge in [-0.25, -0.2) is 13.1 Å². The monoisotopic (exact) mass is 360 g/mol. The van der Waals surface area contributed by atoms with E-state index in [0.717, 1.165) is 11.1 Å². The van der Waals surface area contributed by atoms with Gasteiger partial charge in [-0.1, -0.05) is 35.9 Å². The quantitative estimate of drug-likeness (QED) is 0.861. The molecule has 0 saturated heterocycles. The van der Waals surface area contributed by atoms with Crippen LogP contribution in [0, 0.1) is 6.92 Å². The van der Waals surface area contributed by atoms with E-state index in [1.54, 1.807) is 37.9 Å². The molecule has 134 valence electrons. The van der Waals surface area contributed by atoms with Crippen LogP contribution >= 0.6 is 0 Å². The Morgan fingerprint density at radius 3 is 2.36 bits per heavy atom. The highest BCUT2D eigenvalue weighted by Crippen LogP contribution is 2.15. The summed E-state index contributed by atoms with van der Waals surface area (Å²) in [5.41, 5.74) is 2.53. The average Bonchev–Trinajstić information content (AvgIpc) is 2.55. The molecule has 0 aromatic heterocycles. The van der Waals surface area contributed by atoms with Crippen LogP contribution in [0.15, 0.2) is 53.4 Å². The predicted molar refractivity (Wildman–Crippen MR) is 98.9 cm³/mol. The molecule has 0 unspecified atom stereocenters. The van der Waals surface area contributed by atoms with Crippen LogP contribution < -0.4 is 4.72 Å². The normalized spacial score (nSPS) is 11.6. The van der Waals surface area contributed by atoms with Crippen LogP contribution in [0.2, 0.25) is 0 Å². The van der Waals surface area contributed by atoms with Crippen molar-refractivity contribution in [1.82, 2.24) is 9.62 Å². The zero-order valence-corrected chi connectivity index (χ0v) is 15.8. The second-order valence-corrected chi connectivity index (χ2v) is 8.16. The van der Waals surface area contributed by atoms with E-state index in [0.29, 0.717) is 12.1 Å². The smallest absolute Gasteiger partial charge is 0.253 e. The van der Waals surface area contributed by atoms with E-state index < -0.39 is 10.0 Å². The number of hydrogen-bond donors (Lipinski definition) is 1. The van der Waals surface area contributed by atoms with Gasteiger partial charge < -0.3 is 4.90 Å². The van der Waals surface area contributed by atoms with Crippen molar-refractivity contribution in [2.75, 3.05) is 7.05 Å². The molecule has 0 aliphatic carbocycles. The first-order valence-electron chi connectivity index (χ1n) is 8.12. The maximum Gasteiger partial charge on any atom is 0.253 e. The molecule has 2 rings (SSSR count). The molecule has 0 aliphatic heterocycles. The second-order valence-electron chi connectivity index (χ2n) is 6.45. The number of rotatable bonds is 6. The molecule has 1 N–H and O–H groups in total. The lowest BCUT2D eigenvalue weighted by molar-refractivity contribution is 0.0785. The number of nitrogens with zero attached hydrogens (tertiary/aromatic N) is 1. The number of nitrogens with one attached hydrogen (secondary N) is 1. The van der Waals surface area contributed by atoms with E-state index in [1.807, 2.05) is 31.2 Å². The topological polar surface area (TPSA) is 66.5 Å². The summed E-state index contributed by atoms with van der Waals surface area (Å²) in [6, 6.07) is 13.9. The summed E-state index contributed by atoms with van der Waals surface area (Å²) in [6.45, 7) is 5.97. The number of amides is 1. The van der Waals surface area contributed by atoms with Gasteiger partial charge in [-0.3, -0.25) is 4.79 Å². The maximum atomic E-state index is 12.6. The highest BCUT2D eigenvalue weighted by molar-refractivity contribution is 7.89. The summed E-state index contributed by atoms with van der Waals surface area (Å²) in [5.74, 6) is -0.220. The summed E-state index contributed by atoms with van der Waals surface area (Å²) in [4.78, 5) is 14.3. The Kier molecular flexibility index (Phi) is 5.98. The molecule has 0 aliphatic rings. The Balaban J connectivity index is 2.19. The molecule has 0 bridgehead atoms. The van der Waals surface area contributed by atoms with Crippen LogP contribution in [0.3, 0.4) is 0 Å². The largest absolute Gasteiger partial charge is 0.337 e. The highest BCUT2D eigenvalue weighted by Gasteiger charge is 2.18. The van der Waals surface area contributed by atoms with Crippen molar-refractivity contribution >= 4 is 15.9 Å². The summed E-state index contributed by atoms with van der Waals surface area (Å²) < 4.78 is 27.1. The van der Waals surface area contributed by atoms with Crippen molar-refractivity contribution in [3.05, 3.63) is 65.2 Å². The van der Waals surface area contributed by atoms with Gasteiger partial charge in [0, 0.05) is 25.2 Å². The third kappa shape index (κ3) is 5.14. The van der Waals surface area contributed by atoms with Crippen molar-refractivity contribution in [2.45, 2.75) is 38.3 Å². The summed E-state index contributed by atoms with van der Waals surface area (Å²) >= 11 is 0. The van der Waals surface area contributed by atoms with Gasteiger partial charge in [0.05, 0.1) is 4.90 Å². The fourth-order valence-corrected chi connectivity index (χ4v) is 3.73. The molecule has 0 atom stereocenters. The molecular weight excluding hydrogens is 336 g/mol. The van der Waals surface area contributed by atoms with Crippen LogP contribution in [0.1, 0.15) is 35.3 Å². The molecule has 6 heteroatoms. The van der Waals surface area contributed by atoms with Crippen LogP contribution in [0.5, 0.6) is 0 Å². The van der Waals surface area contributed by atoms with Crippen LogP contribution in [-0.4, -0.2) is 32.3 Å². The molecule has 1 amide bonds. The number of sulfonamides is 1. The standard InChI is InChI=1S/C19H24N2O3S/c1-14(2)20-25(23,24)18-7-5-6-17(12-18)19(22)21(4)13-16-10-8-15(3)9-11-16/h5-12,14,20H,13H2,1-4H3. The van der Waals surface area contributed by atoms with Gasteiger partial charge in [-0.15, -0.1) is 0 Å². The van der Waals surface area contributed by atoms with Gasteiger partial charge in [-0.05, 0) is 44.5 Å². The lowest BCUT2D eigenvalue weighted by atomic mass is 10.1. The van der Waals surface area contributed by atoms with Crippen molar-refractivity contribution in [2.24, 2.45) is 0 Å².